The molecule has 0 saturated carbocycles. The Morgan fingerprint density at radius 2 is 2.20 bits per heavy atom. The number of carbonyl (C=O) groups excluding carboxylic acids is 1. The molecule has 15 heavy (non-hydrogen) atoms. The molecule has 1 aromatic carbocycles. The predicted molar refractivity (Wildman–Crippen MR) is 56.0 cm³/mol. The van der Waals surface area contributed by atoms with Crippen LogP contribution >= 0.6 is 27.5 Å². The molecule has 0 unspecified atom stereocenters. The number of nitro benzene ring substituents is 1. The van der Waals surface area contributed by atoms with E-state index in [4.69, 9.17) is 17.3 Å². The van der Waals surface area contributed by atoms with Gasteiger partial charge in [-0.25, -0.2) is 4.79 Å². The summed E-state index contributed by atoms with van der Waals surface area (Å²) in [5, 5.41) is 10.7. The van der Waals surface area contributed by atoms with Crippen LogP contribution in [0.1, 0.15) is 0 Å². The number of nitrogens with two attached hydrogens (primary N) is 1. The minimum absolute atomic E-state index is 0.144. The Kier molecular flexibility index (Phi) is 3.48. The number of benzene rings is 1. The number of ether oxygens (including phenoxy) is 1. The third-order valence-electron chi connectivity index (χ3n) is 1.39. The fourth-order valence-corrected chi connectivity index (χ4v) is 1.76. The lowest BCUT2D eigenvalue weighted by molar-refractivity contribution is -0.385. The fraction of sp³-hybridized carbons (Fsp3) is 0. The van der Waals surface area contributed by atoms with Crippen LogP contribution in [0.25, 0.3) is 0 Å². The van der Waals surface area contributed by atoms with E-state index in [0.717, 1.165) is 6.07 Å². The summed E-state index contributed by atoms with van der Waals surface area (Å²) in [5.74, 6) is -0.267. The van der Waals surface area contributed by atoms with Gasteiger partial charge >= 0.3 is 11.8 Å². The average molecular weight is 295 g/mol. The Morgan fingerprint density at radius 3 is 2.67 bits per heavy atom. The summed E-state index contributed by atoms with van der Waals surface area (Å²) < 4.78 is 4.67. The highest BCUT2D eigenvalue weighted by Crippen LogP contribution is 2.37. The van der Waals surface area contributed by atoms with E-state index in [9.17, 15) is 14.9 Å². The van der Waals surface area contributed by atoms with Gasteiger partial charge < -0.3 is 10.5 Å². The maximum absolute atomic E-state index is 10.6. The van der Waals surface area contributed by atoms with Crippen LogP contribution in [-0.2, 0) is 0 Å². The maximum atomic E-state index is 10.6. The van der Waals surface area contributed by atoms with Crippen molar-refractivity contribution >= 4 is 39.3 Å². The number of nitrogens with zero attached hydrogens (tertiary/aromatic N) is 1. The molecule has 80 valence electrons. The third-order valence-corrected chi connectivity index (χ3v) is 2.20. The second kappa shape index (κ2) is 4.45. The second-order valence-electron chi connectivity index (χ2n) is 2.41. The van der Waals surface area contributed by atoms with Crippen molar-refractivity contribution in [3.8, 4) is 5.75 Å². The molecule has 0 aliphatic rings. The molecule has 0 fully saturated rings. The Bertz CT molecular complexity index is 437. The molecule has 0 heterocycles. The van der Waals surface area contributed by atoms with Crippen molar-refractivity contribution in [2.24, 2.45) is 5.73 Å². The molecule has 6 nitrogen and oxygen atoms in total. The fourth-order valence-electron chi connectivity index (χ4n) is 0.884. The highest BCUT2D eigenvalue weighted by atomic mass is 79.9. The van der Waals surface area contributed by atoms with Crippen molar-refractivity contribution in [2.75, 3.05) is 0 Å². The van der Waals surface area contributed by atoms with Gasteiger partial charge in [0.2, 0.25) is 5.75 Å². The number of hydrogen-bond donors (Lipinski definition) is 1. The molecule has 0 radical (unpaired) electrons. The van der Waals surface area contributed by atoms with Gasteiger partial charge in [0.05, 0.1) is 9.40 Å². The Balaban J connectivity index is 3.33. The highest BCUT2D eigenvalue weighted by molar-refractivity contribution is 9.10. The first-order valence-corrected chi connectivity index (χ1v) is 4.69. The highest BCUT2D eigenvalue weighted by Gasteiger charge is 2.21. The maximum Gasteiger partial charge on any atom is 0.410 e. The number of nitro groups is 1. The minimum Gasteiger partial charge on any atom is -0.402 e. The summed E-state index contributed by atoms with van der Waals surface area (Å²) in [4.78, 5) is 20.4. The van der Waals surface area contributed by atoms with Gasteiger partial charge in [0.1, 0.15) is 0 Å². The van der Waals surface area contributed by atoms with Gasteiger partial charge in [-0.1, -0.05) is 11.6 Å². The number of halogens is 2. The van der Waals surface area contributed by atoms with Crippen molar-refractivity contribution in [2.45, 2.75) is 0 Å². The van der Waals surface area contributed by atoms with Crippen LogP contribution in [-0.4, -0.2) is 11.0 Å². The first-order chi connectivity index (χ1) is 6.91. The van der Waals surface area contributed by atoms with Gasteiger partial charge in [0.25, 0.3) is 0 Å². The normalized spacial score (nSPS) is 9.73. The molecule has 0 spiro atoms. The molecular weight excluding hydrogens is 291 g/mol. The monoisotopic (exact) mass is 294 g/mol. The average Bonchev–Trinajstić information content (AvgIpc) is 2.08. The zero-order valence-electron chi connectivity index (χ0n) is 7.07. The van der Waals surface area contributed by atoms with Crippen LogP contribution in [0.2, 0.25) is 5.02 Å². The van der Waals surface area contributed by atoms with E-state index in [2.05, 4.69) is 20.7 Å². The molecule has 0 bridgehead atoms. The molecule has 2 N–H and O–H groups in total. The van der Waals surface area contributed by atoms with Crippen molar-refractivity contribution < 1.29 is 14.5 Å². The number of amides is 1. The van der Waals surface area contributed by atoms with Crippen LogP contribution in [0, 0.1) is 10.1 Å². The zero-order chi connectivity index (χ0) is 11.6. The Labute approximate surface area is 97.2 Å². The third kappa shape index (κ3) is 2.80. The summed E-state index contributed by atoms with van der Waals surface area (Å²) in [6.45, 7) is 0. The van der Waals surface area contributed by atoms with Gasteiger partial charge in [0.15, 0.2) is 0 Å². The minimum atomic E-state index is -1.14. The Morgan fingerprint density at radius 1 is 1.60 bits per heavy atom. The second-order valence-corrected chi connectivity index (χ2v) is 3.70. The van der Waals surface area contributed by atoms with Crippen molar-refractivity contribution in [1.29, 1.82) is 0 Å². The molecule has 0 aliphatic carbocycles. The first kappa shape index (κ1) is 11.7. The van der Waals surface area contributed by atoms with Crippen molar-refractivity contribution in [3.05, 3.63) is 31.7 Å². The molecule has 0 atom stereocenters. The van der Waals surface area contributed by atoms with E-state index in [1.807, 2.05) is 0 Å². The number of hydrogen-bond acceptors (Lipinski definition) is 4. The number of rotatable bonds is 2. The summed E-state index contributed by atoms with van der Waals surface area (Å²) in [5.41, 5.74) is 4.33. The summed E-state index contributed by atoms with van der Waals surface area (Å²) >= 11 is 8.57. The number of primary amides is 1. The topological polar surface area (TPSA) is 95.5 Å². The molecule has 0 aromatic heterocycles. The van der Waals surface area contributed by atoms with Crippen LogP contribution in [0.3, 0.4) is 0 Å². The molecule has 0 saturated heterocycles. The van der Waals surface area contributed by atoms with E-state index in [1.165, 1.54) is 6.07 Å². The van der Waals surface area contributed by atoms with Gasteiger partial charge in [-0.15, -0.1) is 0 Å². The van der Waals surface area contributed by atoms with Gasteiger partial charge in [0, 0.05) is 11.1 Å². The lowest BCUT2D eigenvalue weighted by Gasteiger charge is -2.04. The van der Waals surface area contributed by atoms with Crippen LogP contribution < -0.4 is 10.5 Å². The van der Waals surface area contributed by atoms with Crippen LogP contribution in [0.15, 0.2) is 16.6 Å². The van der Waals surface area contributed by atoms with Gasteiger partial charge in [-0.2, -0.15) is 0 Å². The molecule has 0 aliphatic heterocycles. The number of carbonyl (C=O) groups is 1. The van der Waals surface area contributed by atoms with Gasteiger partial charge in [-0.3, -0.25) is 10.1 Å². The molecule has 1 amide bonds. The lowest BCUT2D eigenvalue weighted by atomic mass is 10.3. The standard InChI is InChI=1S/C7H4BrClN2O4/c8-4-1-3(9)2-5(11(13)14)6(4)15-7(10)12/h1-2H,(H2,10,12). The van der Waals surface area contributed by atoms with Gasteiger partial charge in [-0.05, 0) is 22.0 Å². The molecular formula is C7H4BrClN2O4. The van der Waals surface area contributed by atoms with Crippen LogP contribution in [0.4, 0.5) is 10.5 Å². The molecule has 1 rings (SSSR count). The largest absolute Gasteiger partial charge is 0.410 e. The van der Waals surface area contributed by atoms with E-state index >= 15 is 0 Å². The SMILES string of the molecule is NC(=O)Oc1c(Br)cc(Cl)cc1[N+](=O)[O-]. The Hall–Kier alpha value is -1.34. The summed E-state index contributed by atoms with van der Waals surface area (Å²) in [6.07, 6.45) is -1.14. The first-order valence-electron chi connectivity index (χ1n) is 3.52. The molecule has 1 aromatic rings. The predicted octanol–water partition coefficient (Wildman–Crippen LogP) is 2.47. The van der Waals surface area contributed by atoms with Crippen molar-refractivity contribution in [3.63, 3.8) is 0 Å². The smallest absolute Gasteiger partial charge is 0.402 e. The van der Waals surface area contributed by atoms with E-state index in [0.29, 0.717) is 0 Å². The summed E-state index contributed by atoms with van der Waals surface area (Å²) in [7, 11) is 0. The van der Waals surface area contributed by atoms with E-state index in [1.54, 1.807) is 0 Å². The zero-order valence-corrected chi connectivity index (χ0v) is 9.41. The van der Waals surface area contributed by atoms with Crippen LogP contribution in [0.5, 0.6) is 5.75 Å². The van der Waals surface area contributed by atoms with E-state index < -0.39 is 16.7 Å². The molecule has 8 heteroatoms. The summed E-state index contributed by atoms with van der Waals surface area (Å²) in [6, 6.07) is 2.41. The van der Waals surface area contributed by atoms with Crippen molar-refractivity contribution in [1.82, 2.24) is 0 Å². The quantitative estimate of drug-likeness (QED) is 0.669. The lowest BCUT2D eigenvalue weighted by Crippen LogP contribution is -2.17. The van der Waals surface area contributed by atoms with E-state index in [-0.39, 0.29) is 15.2 Å².